The van der Waals surface area contributed by atoms with Crippen LogP contribution in [0.1, 0.15) is 56.6 Å². The van der Waals surface area contributed by atoms with Gasteiger partial charge in [-0.3, -0.25) is 5.10 Å². The molecule has 0 amide bonds. The van der Waals surface area contributed by atoms with Crippen molar-refractivity contribution in [1.82, 2.24) is 25.1 Å². The first-order valence-electron chi connectivity index (χ1n) is 12.6. The lowest BCUT2D eigenvalue weighted by Gasteiger charge is -2.16. The van der Waals surface area contributed by atoms with Gasteiger partial charge in [-0.2, -0.15) is 10.1 Å². The van der Waals surface area contributed by atoms with Gasteiger partial charge in [0.05, 0.1) is 19.2 Å². The molecule has 9 heteroatoms. The van der Waals surface area contributed by atoms with Crippen LogP contribution in [0.4, 0.5) is 17.6 Å². The van der Waals surface area contributed by atoms with E-state index >= 15 is 0 Å². The van der Waals surface area contributed by atoms with E-state index < -0.39 is 0 Å². The minimum absolute atomic E-state index is 0.455. The number of methoxy groups -OCH3 is 1. The van der Waals surface area contributed by atoms with Crippen molar-refractivity contribution in [3.8, 4) is 11.5 Å². The van der Waals surface area contributed by atoms with Gasteiger partial charge in [-0.25, -0.2) is 4.98 Å². The zero-order valence-electron chi connectivity index (χ0n) is 19.8. The van der Waals surface area contributed by atoms with E-state index in [0.29, 0.717) is 41.8 Å². The van der Waals surface area contributed by atoms with E-state index in [0.717, 1.165) is 42.5 Å². The van der Waals surface area contributed by atoms with Gasteiger partial charge in [-0.1, -0.05) is 0 Å². The fourth-order valence-electron chi connectivity index (χ4n) is 4.58. The maximum absolute atomic E-state index is 6.15. The lowest BCUT2D eigenvalue weighted by molar-refractivity contribution is 0.254. The standard InChI is InChI=1S/C25H33N7O2/c1-33-21-13-18-20(14-22(21)34-12-4-11-32-9-2-3-10-32)27-25(26-17-7-8-17)29-24(18)28-23-15-19(30-31-23)16-5-6-16/h13-17H,2-12H2,1H3,(H3,26,27,28,29,30,31). The number of anilines is 3. The lowest BCUT2D eigenvalue weighted by Crippen LogP contribution is -2.21. The van der Waals surface area contributed by atoms with Crippen LogP contribution in [0, 0.1) is 0 Å². The number of hydrogen-bond donors (Lipinski definition) is 3. The smallest absolute Gasteiger partial charge is 0.225 e. The van der Waals surface area contributed by atoms with E-state index in [2.05, 4.69) is 31.8 Å². The minimum Gasteiger partial charge on any atom is -0.493 e. The van der Waals surface area contributed by atoms with Crippen LogP contribution in [0.2, 0.25) is 0 Å². The molecule has 6 rings (SSSR count). The number of fused-ring (bicyclic) bond motifs is 1. The second-order valence-corrected chi connectivity index (χ2v) is 9.69. The highest BCUT2D eigenvalue weighted by Gasteiger charge is 2.26. The normalized spacial score (nSPS) is 18.4. The molecule has 3 N–H and O–H groups in total. The SMILES string of the molecule is COc1cc2c(Nc3cc(C4CC4)[nH]n3)nc(NC3CC3)nc2cc1OCCCN1CCCC1. The van der Waals surface area contributed by atoms with Crippen LogP contribution in [0.3, 0.4) is 0 Å². The van der Waals surface area contributed by atoms with Crippen molar-refractivity contribution in [1.29, 1.82) is 0 Å². The molecule has 2 aliphatic carbocycles. The molecule has 3 aromatic rings. The molecule has 1 saturated heterocycles. The van der Waals surface area contributed by atoms with Crippen molar-refractivity contribution in [2.75, 3.05) is 44.0 Å². The summed E-state index contributed by atoms with van der Waals surface area (Å²) >= 11 is 0. The molecular weight excluding hydrogens is 430 g/mol. The van der Waals surface area contributed by atoms with Gasteiger partial charge in [0.1, 0.15) is 5.82 Å². The fourth-order valence-corrected chi connectivity index (χ4v) is 4.58. The van der Waals surface area contributed by atoms with Crippen molar-refractivity contribution >= 4 is 28.5 Å². The number of nitrogens with one attached hydrogen (secondary N) is 3. The highest BCUT2D eigenvalue weighted by atomic mass is 16.5. The Kier molecular flexibility index (Phi) is 5.86. The second kappa shape index (κ2) is 9.29. The largest absolute Gasteiger partial charge is 0.493 e. The third-order valence-electron chi connectivity index (χ3n) is 6.83. The summed E-state index contributed by atoms with van der Waals surface area (Å²) in [7, 11) is 1.67. The van der Waals surface area contributed by atoms with Crippen LogP contribution < -0.4 is 20.1 Å². The number of rotatable bonds is 11. The maximum Gasteiger partial charge on any atom is 0.225 e. The number of H-pyrrole nitrogens is 1. The Hall–Kier alpha value is -3.07. The predicted molar refractivity (Wildman–Crippen MR) is 132 cm³/mol. The van der Waals surface area contributed by atoms with E-state index in [1.165, 1.54) is 44.5 Å². The summed E-state index contributed by atoms with van der Waals surface area (Å²) in [6.45, 7) is 4.15. The summed E-state index contributed by atoms with van der Waals surface area (Å²) in [5.41, 5.74) is 1.99. The Labute approximate surface area is 199 Å². The molecule has 180 valence electrons. The highest BCUT2D eigenvalue weighted by Crippen LogP contribution is 2.40. The third kappa shape index (κ3) is 4.89. The average Bonchev–Trinajstić information content (AvgIpc) is 3.76. The number of benzene rings is 1. The Bertz CT molecular complexity index is 1150. The molecule has 0 radical (unpaired) electrons. The van der Waals surface area contributed by atoms with E-state index in [1.54, 1.807) is 7.11 Å². The van der Waals surface area contributed by atoms with Gasteiger partial charge < -0.3 is 25.0 Å². The van der Waals surface area contributed by atoms with Crippen molar-refractivity contribution < 1.29 is 9.47 Å². The van der Waals surface area contributed by atoms with E-state index in [-0.39, 0.29) is 0 Å². The van der Waals surface area contributed by atoms with E-state index in [9.17, 15) is 0 Å². The molecule has 2 aromatic heterocycles. The fraction of sp³-hybridized carbons (Fsp3) is 0.560. The average molecular weight is 464 g/mol. The van der Waals surface area contributed by atoms with Crippen LogP contribution >= 0.6 is 0 Å². The van der Waals surface area contributed by atoms with Crippen molar-refractivity contribution in [3.63, 3.8) is 0 Å². The lowest BCUT2D eigenvalue weighted by atomic mass is 10.2. The maximum atomic E-state index is 6.15. The van der Waals surface area contributed by atoms with Crippen molar-refractivity contribution in [2.45, 2.75) is 56.9 Å². The van der Waals surface area contributed by atoms with Crippen LogP contribution in [0.5, 0.6) is 11.5 Å². The summed E-state index contributed by atoms with van der Waals surface area (Å²) in [5, 5.41) is 15.3. The van der Waals surface area contributed by atoms with Crippen LogP contribution in [0.15, 0.2) is 18.2 Å². The van der Waals surface area contributed by atoms with Gasteiger partial charge in [0.25, 0.3) is 0 Å². The first-order chi connectivity index (χ1) is 16.7. The Balaban J connectivity index is 1.25. The molecule has 0 atom stereocenters. The zero-order valence-corrected chi connectivity index (χ0v) is 19.8. The molecule has 0 unspecified atom stereocenters. The van der Waals surface area contributed by atoms with Gasteiger partial charge in [0.2, 0.25) is 5.95 Å². The molecule has 3 fully saturated rings. The first kappa shape index (κ1) is 21.5. The summed E-state index contributed by atoms with van der Waals surface area (Å²) in [6, 6.07) is 6.46. The first-order valence-corrected chi connectivity index (χ1v) is 12.6. The van der Waals surface area contributed by atoms with Gasteiger partial charge in [-0.05, 0) is 64.1 Å². The molecule has 3 aliphatic rings. The number of aromatic amines is 1. The quantitative estimate of drug-likeness (QED) is 0.359. The van der Waals surface area contributed by atoms with Crippen LogP contribution in [-0.4, -0.2) is 64.5 Å². The monoisotopic (exact) mass is 463 g/mol. The van der Waals surface area contributed by atoms with E-state index in [4.69, 9.17) is 19.4 Å². The van der Waals surface area contributed by atoms with Crippen molar-refractivity contribution in [2.24, 2.45) is 0 Å². The van der Waals surface area contributed by atoms with Crippen LogP contribution in [0.25, 0.3) is 10.9 Å². The highest BCUT2D eigenvalue weighted by molar-refractivity contribution is 5.94. The number of likely N-dealkylation sites (tertiary alicyclic amines) is 1. The third-order valence-corrected chi connectivity index (χ3v) is 6.83. The van der Waals surface area contributed by atoms with Gasteiger partial charge in [0, 0.05) is 41.7 Å². The molecule has 0 bridgehead atoms. The summed E-state index contributed by atoms with van der Waals surface area (Å²) in [5.74, 6) is 4.11. The Morgan fingerprint density at radius 2 is 1.91 bits per heavy atom. The number of hydrogen-bond acceptors (Lipinski definition) is 8. The summed E-state index contributed by atoms with van der Waals surface area (Å²) in [4.78, 5) is 12.1. The number of ether oxygens (including phenoxy) is 2. The molecular formula is C25H33N7O2. The Morgan fingerprint density at radius 3 is 2.68 bits per heavy atom. The van der Waals surface area contributed by atoms with Crippen LogP contribution in [-0.2, 0) is 0 Å². The molecule has 1 aliphatic heterocycles. The minimum atomic E-state index is 0.455. The molecule has 9 nitrogen and oxygen atoms in total. The van der Waals surface area contributed by atoms with E-state index in [1.807, 2.05) is 12.1 Å². The number of aromatic nitrogens is 4. The predicted octanol–water partition coefficient (Wildman–Crippen LogP) is 4.42. The Morgan fingerprint density at radius 1 is 1.06 bits per heavy atom. The molecule has 2 saturated carbocycles. The summed E-state index contributed by atoms with van der Waals surface area (Å²) < 4.78 is 11.8. The van der Waals surface area contributed by atoms with Crippen molar-refractivity contribution in [3.05, 3.63) is 23.9 Å². The van der Waals surface area contributed by atoms with Gasteiger partial charge in [-0.15, -0.1) is 0 Å². The van der Waals surface area contributed by atoms with Gasteiger partial charge >= 0.3 is 0 Å². The molecule has 0 spiro atoms. The van der Waals surface area contributed by atoms with Gasteiger partial charge in [0.15, 0.2) is 17.3 Å². The summed E-state index contributed by atoms with van der Waals surface area (Å²) in [6.07, 6.45) is 8.38. The topological polar surface area (TPSA) is 100 Å². The number of nitrogens with zero attached hydrogens (tertiary/aromatic N) is 4. The molecule has 1 aromatic carbocycles. The zero-order chi connectivity index (χ0) is 22.9. The molecule has 34 heavy (non-hydrogen) atoms. The molecule has 3 heterocycles. The second-order valence-electron chi connectivity index (χ2n) is 9.69.